The lowest BCUT2D eigenvalue weighted by molar-refractivity contribution is -0.147. The maximum atomic E-state index is 14.4. The largest absolute Gasteiger partial charge is 0.463 e. The van der Waals surface area contributed by atoms with E-state index in [1.54, 1.807) is 29.9 Å². The molecule has 1 aliphatic carbocycles. The Hall–Kier alpha value is -3.23. The second kappa shape index (κ2) is 12.1. The van der Waals surface area contributed by atoms with Crippen LogP contribution in [0.15, 0.2) is 54.6 Å². The summed E-state index contributed by atoms with van der Waals surface area (Å²) in [7, 11) is 1.78. The summed E-state index contributed by atoms with van der Waals surface area (Å²) in [6.45, 7) is 3.43. The van der Waals surface area contributed by atoms with Gasteiger partial charge >= 0.3 is 5.97 Å². The van der Waals surface area contributed by atoms with Gasteiger partial charge in [-0.05, 0) is 37.3 Å². The Balaban J connectivity index is 1.61. The van der Waals surface area contributed by atoms with Crippen molar-refractivity contribution < 1.29 is 23.8 Å². The molecule has 4 rings (SSSR count). The number of aromatic nitrogens is 2. The lowest BCUT2D eigenvalue weighted by atomic mass is 10.1. The SMILES string of the molecule is CCCC(=O)OC[C@H](O)CN(Cc1c(-c2ccccc2)nn(C)c1Oc1ccccc1F)CC1CC1. The number of esters is 1. The van der Waals surface area contributed by atoms with E-state index in [4.69, 9.17) is 14.6 Å². The highest BCUT2D eigenvalue weighted by molar-refractivity contribution is 5.69. The fourth-order valence-electron chi connectivity index (χ4n) is 4.19. The number of hydrogen-bond acceptors (Lipinski definition) is 6. The number of nitrogens with zero attached hydrogens (tertiary/aromatic N) is 3. The third-order valence-corrected chi connectivity index (χ3v) is 6.13. The molecule has 1 saturated carbocycles. The van der Waals surface area contributed by atoms with Gasteiger partial charge in [-0.1, -0.05) is 49.4 Å². The van der Waals surface area contributed by atoms with Gasteiger partial charge in [0.05, 0.1) is 5.56 Å². The summed E-state index contributed by atoms with van der Waals surface area (Å²) >= 11 is 0. The van der Waals surface area contributed by atoms with Crippen LogP contribution in [0.1, 0.15) is 38.2 Å². The highest BCUT2D eigenvalue weighted by Gasteiger charge is 2.29. The van der Waals surface area contributed by atoms with E-state index >= 15 is 0 Å². The third kappa shape index (κ3) is 6.92. The molecular weight excluding hydrogens is 461 g/mol. The van der Waals surface area contributed by atoms with Crippen LogP contribution in [0, 0.1) is 11.7 Å². The molecular formula is C28H34FN3O4. The van der Waals surface area contributed by atoms with Gasteiger partial charge in [0.1, 0.15) is 18.4 Å². The summed E-state index contributed by atoms with van der Waals surface area (Å²) in [5.74, 6) is 0.378. The van der Waals surface area contributed by atoms with Crippen molar-refractivity contribution in [3.05, 3.63) is 66.0 Å². The van der Waals surface area contributed by atoms with Gasteiger partial charge < -0.3 is 14.6 Å². The molecule has 1 fully saturated rings. The highest BCUT2D eigenvalue weighted by Crippen LogP contribution is 2.36. The van der Waals surface area contributed by atoms with E-state index in [0.717, 1.165) is 36.2 Å². The summed E-state index contributed by atoms with van der Waals surface area (Å²) in [6, 6.07) is 16.1. The number of rotatable bonds is 13. The molecule has 36 heavy (non-hydrogen) atoms. The van der Waals surface area contributed by atoms with E-state index < -0.39 is 11.9 Å². The first-order valence-electron chi connectivity index (χ1n) is 12.5. The van der Waals surface area contributed by atoms with Gasteiger partial charge in [0.2, 0.25) is 5.88 Å². The zero-order chi connectivity index (χ0) is 25.5. The van der Waals surface area contributed by atoms with Gasteiger partial charge in [-0.25, -0.2) is 9.07 Å². The first kappa shape index (κ1) is 25.9. The molecule has 0 amide bonds. The van der Waals surface area contributed by atoms with Crippen molar-refractivity contribution in [1.29, 1.82) is 0 Å². The fraction of sp³-hybridized carbons (Fsp3) is 0.429. The third-order valence-electron chi connectivity index (χ3n) is 6.13. The first-order chi connectivity index (χ1) is 17.4. The van der Waals surface area contributed by atoms with Crippen molar-refractivity contribution >= 4 is 5.97 Å². The number of para-hydroxylation sites is 1. The van der Waals surface area contributed by atoms with Gasteiger partial charge in [-0.3, -0.25) is 9.69 Å². The summed E-state index contributed by atoms with van der Waals surface area (Å²) in [4.78, 5) is 13.9. The summed E-state index contributed by atoms with van der Waals surface area (Å²) < 4.78 is 27.4. The van der Waals surface area contributed by atoms with Crippen molar-refractivity contribution in [3.63, 3.8) is 0 Å². The van der Waals surface area contributed by atoms with Crippen LogP contribution < -0.4 is 4.74 Å². The fourth-order valence-corrected chi connectivity index (χ4v) is 4.19. The summed E-state index contributed by atoms with van der Waals surface area (Å²) in [6.07, 6.45) is 2.52. The molecule has 0 saturated heterocycles. The molecule has 0 unspecified atom stereocenters. The van der Waals surface area contributed by atoms with Gasteiger partial charge in [-0.2, -0.15) is 5.10 Å². The van der Waals surface area contributed by atoms with Crippen molar-refractivity contribution in [2.75, 3.05) is 19.7 Å². The normalized spacial score (nSPS) is 14.1. The topological polar surface area (TPSA) is 76.8 Å². The zero-order valence-electron chi connectivity index (χ0n) is 20.9. The Morgan fingerprint density at radius 3 is 2.61 bits per heavy atom. The van der Waals surface area contributed by atoms with E-state index in [2.05, 4.69) is 4.90 Å². The predicted octanol–water partition coefficient (Wildman–Crippen LogP) is 4.93. The summed E-state index contributed by atoms with van der Waals surface area (Å²) in [5, 5.41) is 15.4. The average Bonchev–Trinajstić information content (AvgIpc) is 3.63. The zero-order valence-corrected chi connectivity index (χ0v) is 20.9. The van der Waals surface area contributed by atoms with Gasteiger partial charge in [0.25, 0.3) is 0 Å². The molecule has 0 radical (unpaired) electrons. The highest BCUT2D eigenvalue weighted by atomic mass is 19.1. The lowest BCUT2D eigenvalue weighted by Crippen LogP contribution is -2.36. The van der Waals surface area contributed by atoms with Crippen LogP contribution in [0.2, 0.25) is 0 Å². The molecule has 0 aliphatic heterocycles. The smallest absolute Gasteiger partial charge is 0.305 e. The minimum atomic E-state index is -0.822. The van der Waals surface area contributed by atoms with Crippen LogP contribution in [0.5, 0.6) is 11.6 Å². The first-order valence-corrected chi connectivity index (χ1v) is 12.5. The number of aliphatic hydroxyl groups excluding tert-OH is 1. The number of aryl methyl sites for hydroxylation is 1. The van der Waals surface area contributed by atoms with Gasteiger partial charge in [0.15, 0.2) is 11.6 Å². The summed E-state index contributed by atoms with van der Waals surface area (Å²) in [5.41, 5.74) is 2.48. The van der Waals surface area contributed by atoms with E-state index in [1.807, 2.05) is 37.3 Å². The molecule has 8 heteroatoms. The minimum absolute atomic E-state index is 0.0445. The number of aliphatic hydroxyl groups is 1. The van der Waals surface area contributed by atoms with Crippen LogP contribution in [-0.4, -0.2) is 51.6 Å². The second-order valence-electron chi connectivity index (χ2n) is 9.38. The molecule has 0 bridgehead atoms. The van der Waals surface area contributed by atoms with Gasteiger partial charge in [-0.15, -0.1) is 0 Å². The molecule has 3 aromatic rings. The number of carbonyl (C=O) groups excluding carboxylic acids is 1. The number of carbonyl (C=O) groups is 1. The van der Waals surface area contributed by atoms with E-state index in [1.165, 1.54) is 6.07 Å². The molecule has 1 N–H and O–H groups in total. The monoisotopic (exact) mass is 495 g/mol. The predicted molar refractivity (Wildman–Crippen MR) is 135 cm³/mol. The molecule has 192 valence electrons. The Bertz CT molecular complexity index is 1150. The number of ether oxygens (including phenoxy) is 2. The maximum absolute atomic E-state index is 14.4. The number of hydrogen-bond donors (Lipinski definition) is 1. The molecule has 1 aromatic heterocycles. The van der Waals surface area contributed by atoms with Gasteiger partial charge in [0, 0.05) is 38.7 Å². The molecule has 2 aromatic carbocycles. The Morgan fingerprint density at radius 2 is 1.92 bits per heavy atom. The van der Waals surface area contributed by atoms with E-state index in [-0.39, 0.29) is 18.3 Å². The maximum Gasteiger partial charge on any atom is 0.305 e. The van der Waals surface area contributed by atoms with Crippen LogP contribution in [-0.2, 0) is 23.1 Å². The average molecular weight is 496 g/mol. The standard InChI is InChI=1S/C28H34FN3O4/c1-3-9-26(34)35-19-22(33)17-32(16-20-14-15-20)18-23-27(21-10-5-4-6-11-21)30-31(2)28(23)36-25-13-8-7-12-24(25)29/h4-8,10-13,20,22,33H,3,9,14-19H2,1-2H3/t22-/m1/s1. The Labute approximate surface area is 211 Å². The van der Waals surface area contributed by atoms with Crippen LogP contribution in [0.3, 0.4) is 0 Å². The Morgan fingerprint density at radius 1 is 1.19 bits per heavy atom. The molecule has 1 atom stereocenters. The van der Waals surface area contributed by atoms with Crippen molar-refractivity contribution in [1.82, 2.24) is 14.7 Å². The van der Waals surface area contributed by atoms with Crippen LogP contribution in [0.4, 0.5) is 4.39 Å². The van der Waals surface area contributed by atoms with Crippen LogP contribution >= 0.6 is 0 Å². The molecule has 1 aliphatic rings. The van der Waals surface area contributed by atoms with E-state index in [9.17, 15) is 14.3 Å². The Kier molecular flexibility index (Phi) is 8.72. The van der Waals surface area contributed by atoms with Crippen molar-refractivity contribution in [3.8, 4) is 22.9 Å². The molecule has 7 nitrogen and oxygen atoms in total. The second-order valence-corrected chi connectivity index (χ2v) is 9.38. The number of halogens is 1. The quantitative estimate of drug-likeness (QED) is 0.339. The molecule has 0 spiro atoms. The lowest BCUT2D eigenvalue weighted by Gasteiger charge is -2.25. The minimum Gasteiger partial charge on any atom is -0.463 e. The van der Waals surface area contributed by atoms with Crippen LogP contribution in [0.25, 0.3) is 11.3 Å². The molecule has 1 heterocycles. The number of benzene rings is 2. The van der Waals surface area contributed by atoms with Crippen molar-refractivity contribution in [2.24, 2.45) is 13.0 Å². The van der Waals surface area contributed by atoms with E-state index in [0.29, 0.717) is 37.7 Å². The van der Waals surface area contributed by atoms with Crippen molar-refractivity contribution in [2.45, 2.75) is 45.3 Å².